The van der Waals surface area contributed by atoms with Crippen LogP contribution in [-0.2, 0) is 11.3 Å². The molecule has 6 heteroatoms. The SMILES string of the molecule is CC[C@@]1(C(=O)O)CCCN(Cc2n[nH]c(C)c2Cl)C1. The predicted molar refractivity (Wildman–Crippen MR) is 73.2 cm³/mol. The molecule has 0 amide bonds. The molecule has 1 aromatic heterocycles. The number of H-pyrrole nitrogens is 1. The third-order valence-electron chi connectivity index (χ3n) is 4.10. The van der Waals surface area contributed by atoms with Gasteiger partial charge in [0.1, 0.15) is 0 Å². The highest BCUT2D eigenvalue weighted by molar-refractivity contribution is 6.31. The Morgan fingerprint density at radius 2 is 2.37 bits per heavy atom. The summed E-state index contributed by atoms with van der Waals surface area (Å²) in [5.74, 6) is -0.691. The summed E-state index contributed by atoms with van der Waals surface area (Å²) in [5.41, 5.74) is 1.04. The van der Waals surface area contributed by atoms with Crippen LogP contribution in [0.1, 0.15) is 37.6 Å². The van der Waals surface area contributed by atoms with Gasteiger partial charge in [0.15, 0.2) is 0 Å². The van der Waals surface area contributed by atoms with Gasteiger partial charge >= 0.3 is 5.97 Å². The lowest BCUT2D eigenvalue weighted by Crippen LogP contribution is -2.47. The second-order valence-corrected chi connectivity index (χ2v) is 5.74. The number of aromatic amines is 1. The molecule has 1 atom stereocenters. The molecule has 1 fully saturated rings. The van der Waals surface area contributed by atoms with Gasteiger partial charge in [0.05, 0.1) is 21.8 Å². The van der Waals surface area contributed by atoms with Crippen LogP contribution in [0.3, 0.4) is 0 Å². The highest BCUT2D eigenvalue weighted by Gasteiger charge is 2.40. The zero-order valence-electron chi connectivity index (χ0n) is 11.4. The molecule has 2 N–H and O–H groups in total. The minimum atomic E-state index is -0.691. The van der Waals surface area contributed by atoms with Crippen LogP contribution in [0.25, 0.3) is 0 Å². The van der Waals surface area contributed by atoms with Crippen LogP contribution < -0.4 is 0 Å². The first-order valence-corrected chi connectivity index (χ1v) is 7.01. The van der Waals surface area contributed by atoms with Crippen molar-refractivity contribution >= 4 is 17.6 Å². The molecule has 1 saturated heterocycles. The largest absolute Gasteiger partial charge is 0.481 e. The van der Waals surface area contributed by atoms with Crippen molar-refractivity contribution in [3.8, 4) is 0 Å². The van der Waals surface area contributed by atoms with Crippen molar-refractivity contribution in [3.05, 3.63) is 16.4 Å². The summed E-state index contributed by atoms with van der Waals surface area (Å²) in [6, 6.07) is 0. The normalized spacial score (nSPS) is 24.6. The number of piperidine rings is 1. The molecule has 1 aromatic rings. The van der Waals surface area contributed by atoms with Gasteiger partial charge in [-0.05, 0) is 32.7 Å². The molecule has 0 aromatic carbocycles. The van der Waals surface area contributed by atoms with Crippen molar-refractivity contribution in [1.29, 1.82) is 0 Å². The molecule has 0 spiro atoms. The van der Waals surface area contributed by atoms with Crippen LogP contribution in [0.2, 0.25) is 5.02 Å². The van der Waals surface area contributed by atoms with Crippen molar-refractivity contribution in [2.75, 3.05) is 13.1 Å². The Balaban J connectivity index is 2.10. The minimum absolute atomic E-state index is 0.571. The number of aromatic nitrogens is 2. The van der Waals surface area contributed by atoms with E-state index in [1.165, 1.54) is 0 Å². The molecule has 0 unspecified atom stereocenters. The van der Waals surface area contributed by atoms with E-state index in [9.17, 15) is 9.90 Å². The summed E-state index contributed by atoms with van der Waals surface area (Å²) in [5, 5.41) is 17.2. The summed E-state index contributed by atoms with van der Waals surface area (Å²) in [7, 11) is 0. The van der Waals surface area contributed by atoms with E-state index in [1.54, 1.807) is 0 Å². The molecule has 0 bridgehead atoms. The molecule has 1 aliphatic rings. The molecule has 2 rings (SSSR count). The molecule has 5 nitrogen and oxygen atoms in total. The van der Waals surface area contributed by atoms with Crippen molar-refractivity contribution in [2.24, 2.45) is 5.41 Å². The van der Waals surface area contributed by atoms with Crippen LogP contribution in [0, 0.1) is 12.3 Å². The van der Waals surface area contributed by atoms with Crippen LogP contribution in [0.5, 0.6) is 0 Å². The van der Waals surface area contributed by atoms with E-state index in [4.69, 9.17) is 11.6 Å². The lowest BCUT2D eigenvalue weighted by atomic mass is 9.77. The molecule has 0 saturated carbocycles. The maximum absolute atomic E-state index is 11.5. The van der Waals surface area contributed by atoms with Crippen molar-refractivity contribution in [1.82, 2.24) is 15.1 Å². The van der Waals surface area contributed by atoms with Gasteiger partial charge in [-0.1, -0.05) is 18.5 Å². The highest BCUT2D eigenvalue weighted by atomic mass is 35.5. The second-order valence-electron chi connectivity index (χ2n) is 5.36. The quantitative estimate of drug-likeness (QED) is 0.891. The number of aryl methyl sites for hydroxylation is 1. The zero-order valence-corrected chi connectivity index (χ0v) is 12.1. The summed E-state index contributed by atoms with van der Waals surface area (Å²) >= 11 is 6.16. The van der Waals surface area contributed by atoms with Crippen LogP contribution in [0.15, 0.2) is 0 Å². The molecular weight excluding hydrogens is 266 g/mol. The van der Waals surface area contributed by atoms with E-state index in [0.29, 0.717) is 24.5 Å². The van der Waals surface area contributed by atoms with Crippen molar-refractivity contribution in [2.45, 2.75) is 39.7 Å². The molecular formula is C13H20ClN3O2. The fourth-order valence-corrected chi connectivity index (χ4v) is 2.90. The van der Waals surface area contributed by atoms with Gasteiger partial charge < -0.3 is 5.11 Å². The van der Waals surface area contributed by atoms with Crippen LogP contribution in [-0.4, -0.2) is 39.3 Å². The second kappa shape index (κ2) is 5.51. The lowest BCUT2D eigenvalue weighted by molar-refractivity contribution is -0.153. The number of carbonyl (C=O) groups is 1. The number of hydrogen-bond acceptors (Lipinski definition) is 3. The van der Waals surface area contributed by atoms with E-state index in [0.717, 1.165) is 30.8 Å². The Labute approximate surface area is 117 Å². The third-order valence-corrected chi connectivity index (χ3v) is 4.60. The smallest absolute Gasteiger partial charge is 0.310 e. The van der Waals surface area contributed by atoms with E-state index < -0.39 is 11.4 Å². The van der Waals surface area contributed by atoms with E-state index >= 15 is 0 Å². The summed E-state index contributed by atoms with van der Waals surface area (Å²) < 4.78 is 0. The lowest BCUT2D eigenvalue weighted by Gasteiger charge is -2.39. The first kappa shape index (κ1) is 14.3. The number of nitrogens with zero attached hydrogens (tertiary/aromatic N) is 2. The minimum Gasteiger partial charge on any atom is -0.481 e. The number of carboxylic acid groups (broad SMARTS) is 1. The molecule has 0 radical (unpaired) electrons. The number of halogens is 1. The first-order chi connectivity index (χ1) is 8.98. The summed E-state index contributed by atoms with van der Waals surface area (Å²) in [6.45, 7) is 5.91. The Kier molecular flexibility index (Phi) is 4.16. The standard InChI is InChI=1S/C13H20ClN3O2/c1-3-13(12(18)19)5-4-6-17(8-13)7-10-11(14)9(2)15-16-10/h3-8H2,1-2H3,(H,15,16)(H,18,19)/t13-/m1/s1. The van der Waals surface area contributed by atoms with E-state index in [2.05, 4.69) is 15.1 Å². The van der Waals surface area contributed by atoms with Crippen LogP contribution >= 0.6 is 11.6 Å². The van der Waals surface area contributed by atoms with Crippen molar-refractivity contribution < 1.29 is 9.90 Å². The van der Waals surface area contributed by atoms with E-state index in [1.807, 2.05) is 13.8 Å². The van der Waals surface area contributed by atoms with Gasteiger partial charge in [0.25, 0.3) is 0 Å². The number of hydrogen-bond donors (Lipinski definition) is 2. The average molecular weight is 286 g/mol. The molecule has 0 aliphatic carbocycles. The Hall–Kier alpha value is -1.07. The van der Waals surface area contributed by atoms with Gasteiger partial charge in [0.2, 0.25) is 0 Å². The van der Waals surface area contributed by atoms with Crippen molar-refractivity contribution in [3.63, 3.8) is 0 Å². The maximum Gasteiger partial charge on any atom is 0.310 e. The monoisotopic (exact) mass is 285 g/mol. The van der Waals surface area contributed by atoms with Crippen LogP contribution in [0.4, 0.5) is 0 Å². The third kappa shape index (κ3) is 2.77. The Bertz CT molecular complexity index is 474. The van der Waals surface area contributed by atoms with Gasteiger partial charge in [0, 0.05) is 13.1 Å². The number of aliphatic carboxylic acids is 1. The average Bonchev–Trinajstić information content (AvgIpc) is 2.71. The Morgan fingerprint density at radius 3 is 2.89 bits per heavy atom. The Morgan fingerprint density at radius 1 is 1.63 bits per heavy atom. The molecule has 19 heavy (non-hydrogen) atoms. The molecule has 106 valence electrons. The summed E-state index contributed by atoms with van der Waals surface area (Å²) in [4.78, 5) is 13.6. The topological polar surface area (TPSA) is 69.2 Å². The fourth-order valence-electron chi connectivity index (χ4n) is 2.76. The molecule has 2 heterocycles. The number of carboxylic acids is 1. The predicted octanol–water partition coefficient (Wildman–Crippen LogP) is 2.45. The highest BCUT2D eigenvalue weighted by Crippen LogP contribution is 2.34. The first-order valence-electron chi connectivity index (χ1n) is 6.63. The maximum atomic E-state index is 11.5. The fraction of sp³-hybridized carbons (Fsp3) is 0.692. The van der Waals surface area contributed by atoms with E-state index in [-0.39, 0.29) is 0 Å². The summed E-state index contributed by atoms with van der Waals surface area (Å²) in [6.07, 6.45) is 2.32. The zero-order chi connectivity index (χ0) is 14.0. The number of likely N-dealkylation sites (tertiary alicyclic amines) is 1. The van der Waals surface area contributed by atoms with Gasteiger partial charge in [-0.2, -0.15) is 5.10 Å². The van der Waals surface area contributed by atoms with Gasteiger partial charge in [-0.15, -0.1) is 0 Å². The van der Waals surface area contributed by atoms with Gasteiger partial charge in [-0.25, -0.2) is 0 Å². The van der Waals surface area contributed by atoms with Gasteiger partial charge in [-0.3, -0.25) is 14.8 Å². The molecule has 1 aliphatic heterocycles. The number of rotatable bonds is 4. The number of nitrogens with one attached hydrogen (secondary N) is 1.